The van der Waals surface area contributed by atoms with E-state index in [0.717, 1.165) is 26.1 Å². The summed E-state index contributed by atoms with van der Waals surface area (Å²) in [5, 5.41) is 0. The molecule has 102 valence electrons. The van der Waals surface area contributed by atoms with Crippen LogP contribution in [0.5, 0.6) is 0 Å². The Bertz CT molecular complexity index is 320. The number of likely N-dealkylation sites (N-methyl/N-ethyl adjacent to an activating group) is 1. The third kappa shape index (κ3) is 3.53. The van der Waals surface area contributed by atoms with Gasteiger partial charge in [-0.15, -0.1) is 0 Å². The van der Waals surface area contributed by atoms with Gasteiger partial charge in [0, 0.05) is 31.0 Å². The Kier molecular flexibility index (Phi) is 6.30. The highest BCUT2D eigenvalue weighted by molar-refractivity contribution is 5.10. The molecule has 3 heteroatoms. The van der Waals surface area contributed by atoms with E-state index < -0.39 is 0 Å². The van der Waals surface area contributed by atoms with E-state index in [9.17, 15) is 0 Å². The van der Waals surface area contributed by atoms with Gasteiger partial charge in [-0.1, -0.05) is 27.2 Å². The summed E-state index contributed by atoms with van der Waals surface area (Å²) in [6, 6.07) is 4.18. The van der Waals surface area contributed by atoms with Crippen LogP contribution in [0.2, 0.25) is 0 Å². The van der Waals surface area contributed by atoms with Crippen molar-refractivity contribution in [2.45, 2.75) is 52.1 Å². The molecule has 1 atom stereocenters. The molecule has 0 bridgehead atoms. The van der Waals surface area contributed by atoms with Crippen LogP contribution in [0, 0.1) is 0 Å². The van der Waals surface area contributed by atoms with Gasteiger partial charge >= 0.3 is 0 Å². The third-order valence-corrected chi connectivity index (χ3v) is 3.93. The van der Waals surface area contributed by atoms with Gasteiger partial charge in [-0.3, -0.25) is 9.88 Å². The highest BCUT2D eigenvalue weighted by Crippen LogP contribution is 2.26. The molecule has 1 unspecified atom stereocenters. The van der Waals surface area contributed by atoms with Gasteiger partial charge in [0.05, 0.1) is 0 Å². The van der Waals surface area contributed by atoms with Gasteiger partial charge in [-0.05, 0) is 37.1 Å². The summed E-state index contributed by atoms with van der Waals surface area (Å²) in [4.78, 5) is 6.59. The lowest BCUT2D eigenvalue weighted by atomic mass is 9.88. The van der Waals surface area contributed by atoms with Gasteiger partial charge in [-0.25, -0.2) is 0 Å². The van der Waals surface area contributed by atoms with E-state index in [1.54, 1.807) is 0 Å². The van der Waals surface area contributed by atoms with Crippen molar-refractivity contribution in [3.8, 4) is 0 Å². The molecule has 1 rings (SSSR count). The molecular formula is C15H27N3. The number of hydrogen-bond acceptors (Lipinski definition) is 3. The molecule has 1 aromatic rings. The SMILES string of the molecule is CCCC(CC)(CN)N(CC)Cc1ccncc1. The summed E-state index contributed by atoms with van der Waals surface area (Å²) >= 11 is 0. The molecule has 0 spiro atoms. The van der Waals surface area contributed by atoms with E-state index in [0.29, 0.717) is 0 Å². The first kappa shape index (κ1) is 15.1. The predicted octanol–water partition coefficient (Wildman–Crippen LogP) is 2.81. The molecule has 0 saturated carbocycles. The fraction of sp³-hybridized carbons (Fsp3) is 0.667. The standard InChI is InChI=1S/C15H27N3/c1-4-9-15(5-2,13-16)18(6-3)12-14-7-10-17-11-8-14/h7-8,10-11H,4-6,9,12-13,16H2,1-3H3. The van der Waals surface area contributed by atoms with Crippen molar-refractivity contribution in [1.29, 1.82) is 0 Å². The molecule has 0 aliphatic rings. The van der Waals surface area contributed by atoms with Crippen LogP contribution in [0.15, 0.2) is 24.5 Å². The number of aromatic nitrogens is 1. The van der Waals surface area contributed by atoms with E-state index in [2.05, 4.69) is 42.8 Å². The molecule has 0 aliphatic carbocycles. The van der Waals surface area contributed by atoms with Crippen molar-refractivity contribution in [3.05, 3.63) is 30.1 Å². The van der Waals surface area contributed by atoms with E-state index in [-0.39, 0.29) is 5.54 Å². The molecular weight excluding hydrogens is 222 g/mol. The Labute approximate surface area is 111 Å². The van der Waals surface area contributed by atoms with Gasteiger partial charge in [-0.2, -0.15) is 0 Å². The van der Waals surface area contributed by atoms with E-state index >= 15 is 0 Å². The third-order valence-electron chi connectivity index (χ3n) is 3.93. The molecule has 3 nitrogen and oxygen atoms in total. The maximum absolute atomic E-state index is 6.08. The van der Waals surface area contributed by atoms with E-state index in [1.807, 2.05) is 12.4 Å². The Morgan fingerprint density at radius 2 is 1.89 bits per heavy atom. The molecule has 0 fully saturated rings. The molecule has 2 N–H and O–H groups in total. The molecule has 0 saturated heterocycles. The van der Waals surface area contributed by atoms with Gasteiger partial charge in [0.15, 0.2) is 0 Å². The Morgan fingerprint density at radius 3 is 2.33 bits per heavy atom. The fourth-order valence-electron chi connectivity index (χ4n) is 2.72. The molecule has 1 heterocycles. The van der Waals surface area contributed by atoms with Gasteiger partial charge in [0.1, 0.15) is 0 Å². The van der Waals surface area contributed by atoms with Crippen LogP contribution >= 0.6 is 0 Å². The van der Waals surface area contributed by atoms with Crippen LogP contribution in [0.1, 0.15) is 45.6 Å². The molecule has 0 radical (unpaired) electrons. The van der Waals surface area contributed by atoms with Crippen LogP contribution in [-0.4, -0.2) is 28.5 Å². The molecule has 0 amide bonds. The van der Waals surface area contributed by atoms with Crippen molar-refractivity contribution >= 4 is 0 Å². The van der Waals surface area contributed by atoms with Crippen LogP contribution < -0.4 is 5.73 Å². The number of pyridine rings is 1. The minimum absolute atomic E-state index is 0.146. The lowest BCUT2D eigenvalue weighted by Crippen LogP contribution is -2.53. The van der Waals surface area contributed by atoms with Gasteiger partial charge < -0.3 is 5.73 Å². The summed E-state index contributed by atoms with van der Waals surface area (Å²) in [6.45, 7) is 9.43. The van der Waals surface area contributed by atoms with Crippen LogP contribution in [0.3, 0.4) is 0 Å². The number of rotatable bonds is 8. The number of nitrogens with two attached hydrogens (primary N) is 1. The number of hydrogen-bond donors (Lipinski definition) is 1. The molecule has 1 aromatic heterocycles. The topological polar surface area (TPSA) is 42.1 Å². The zero-order valence-electron chi connectivity index (χ0n) is 12.0. The van der Waals surface area contributed by atoms with Gasteiger partial charge in [0.25, 0.3) is 0 Å². The van der Waals surface area contributed by atoms with Gasteiger partial charge in [0.2, 0.25) is 0 Å². The van der Waals surface area contributed by atoms with Crippen molar-refractivity contribution in [2.24, 2.45) is 5.73 Å². The average Bonchev–Trinajstić information content (AvgIpc) is 2.44. The summed E-state index contributed by atoms with van der Waals surface area (Å²) in [5.41, 5.74) is 7.54. The minimum Gasteiger partial charge on any atom is -0.329 e. The first-order chi connectivity index (χ1) is 8.72. The van der Waals surface area contributed by atoms with E-state index in [1.165, 1.54) is 18.4 Å². The van der Waals surface area contributed by atoms with Crippen LogP contribution in [0.4, 0.5) is 0 Å². The van der Waals surface area contributed by atoms with Crippen LogP contribution in [-0.2, 0) is 6.54 Å². The second-order valence-corrected chi connectivity index (χ2v) is 4.90. The number of nitrogens with zero attached hydrogens (tertiary/aromatic N) is 2. The first-order valence-corrected chi connectivity index (χ1v) is 7.06. The predicted molar refractivity (Wildman–Crippen MR) is 77.3 cm³/mol. The highest BCUT2D eigenvalue weighted by atomic mass is 15.2. The van der Waals surface area contributed by atoms with E-state index in [4.69, 9.17) is 5.73 Å². The lowest BCUT2D eigenvalue weighted by Gasteiger charge is -2.42. The Morgan fingerprint density at radius 1 is 1.22 bits per heavy atom. The monoisotopic (exact) mass is 249 g/mol. The molecule has 18 heavy (non-hydrogen) atoms. The zero-order valence-corrected chi connectivity index (χ0v) is 12.0. The summed E-state index contributed by atoms with van der Waals surface area (Å²) in [6.07, 6.45) is 7.17. The summed E-state index contributed by atoms with van der Waals surface area (Å²) in [7, 11) is 0. The van der Waals surface area contributed by atoms with Crippen LogP contribution in [0.25, 0.3) is 0 Å². The lowest BCUT2D eigenvalue weighted by molar-refractivity contribution is 0.0773. The minimum atomic E-state index is 0.146. The molecule has 0 aromatic carbocycles. The largest absolute Gasteiger partial charge is 0.329 e. The van der Waals surface area contributed by atoms with Crippen molar-refractivity contribution in [1.82, 2.24) is 9.88 Å². The maximum Gasteiger partial charge on any atom is 0.0332 e. The summed E-state index contributed by atoms with van der Waals surface area (Å²) < 4.78 is 0. The quantitative estimate of drug-likeness (QED) is 0.770. The first-order valence-electron chi connectivity index (χ1n) is 7.06. The second-order valence-electron chi connectivity index (χ2n) is 4.90. The fourth-order valence-corrected chi connectivity index (χ4v) is 2.72. The Hall–Kier alpha value is -0.930. The average molecular weight is 249 g/mol. The Balaban J connectivity index is 2.85. The van der Waals surface area contributed by atoms with Crippen molar-refractivity contribution in [3.63, 3.8) is 0 Å². The summed E-state index contributed by atoms with van der Waals surface area (Å²) in [5.74, 6) is 0. The van der Waals surface area contributed by atoms with Crippen molar-refractivity contribution < 1.29 is 0 Å². The van der Waals surface area contributed by atoms with Crippen molar-refractivity contribution in [2.75, 3.05) is 13.1 Å². The maximum atomic E-state index is 6.08. The molecule has 0 aliphatic heterocycles. The second kappa shape index (κ2) is 7.49. The zero-order chi connectivity index (χ0) is 13.4. The highest BCUT2D eigenvalue weighted by Gasteiger charge is 2.31. The smallest absolute Gasteiger partial charge is 0.0332 e. The normalized spacial score (nSPS) is 14.7.